The molecule has 0 heterocycles. The van der Waals surface area contributed by atoms with Gasteiger partial charge in [0.1, 0.15) is 11.3 Å². The van der Waals surface area contributed by atoms with Crippen LogP contribution in [0.4, 0.5) is 11.4 Å². The Bertz CT molecular complexity index is 435. The van der Waals surface area contributed by atoms with Crippen LogP contribution in [-0.2, 0) is 0 Å². The van der Waals surface area contributed by atoms with Crippen LogP contribution in [0.1, 0.15) is 12.0 Å². The van der Waals surface area contributed by atoms with Crippen LogP contribution in [0.2, 0.25) is 0 Å². The number of alkyl halides is 1. The van der Waals surface area contributed by atoms with Crippen molar-refractivity contribution in [2.75, 3.05) is 11.6 Å². The number of benzene rings is 1. The van der Waals surface area contributed by atoms with Gasteiger partial charge in [0.05, 0.1) is 4.92 Å². The van der Waals surface area contributed by atoms with Crippen molar-refractivity contribution >= 4 is 23.0 Å². The van der Waals surface area contributed by atoms with E-state index in [1.165, 1.54) is 6.07 Å². The second-order valence-electron chi connectivity index (χ2n) is 2.74. The fourth-order valence-corrected chi connectivity index (χ4v) is 1.17. The van der Waals surface area contributed by atoms with Gasteiger partial charge >= 0.3 is 5.69 Å². The molecule has 0 aliphatic heterocycles. The Labute approximate surface area is 92.2 Å². The molecule has 0 fully saturated rings. The number of rotatable bonds is 2. The summed E-state index contributed by atoms with van der Waals surface area (Å²) in [7, 11) is 0. The van der Waals surface area contributed by atoms with Gasteiger partial charge in [-0.3, -0.25) is 10.1 Å². The number of nitro groups is 1. The van der Waals surface area contributed by atoms with Gasteiger partial charge in [0.25, 0.3) is 0 Å². The van der Waals surface area contributed by atoms with Crippen molar-refractivity contribution in [1.82, 2.24) is 0 Å². The van der Waals surface area contributed by atoms with Gasteiger partial charge in [-0.15, -0.1) is 11.6 Å². The van der Waals surface area contributed by atoms with Crippen molar-refractivity contribution in [3.63, 3.8) is 0 Å². The summed E-state index contributed by atoms with van der Waals surface area (Å²) in [4.78, 5) is 10.2. The summed E-state index contributed by atoms with van der Waals surface area (Å²) in [6, 6.07) is 4.67. The second-order valence-corrected chi connectivity index (χ2v) is 3.12. The van der Waals surface area contributed by atoms with Gasteiger partial charge in [-0.2, -0.15) is 0 Å². The molecule has 0 unspecified atom stereocenters. The molecular weight excluding hydrogens is 216 g/mol. The molecule has 0 spiro atoms. The maximum Gasteiger partial charge on any atom is 0.307 e. The van der Waals surface area contributed by atoms with Crippen LogP contribution in [0.15, 0.2) is 18.2 Å². The first-order valence-electron chi connectivity index (χ1n) is 4.24. The zero-order chi connectivity index (χ0) is 11.3. The van der Waals surface area contributed by atoms with Gasteiger partial charge < -0.3 is 5.73 Å². The van der Waals surface area contributed by atoms with E-state index in [-0.39, 0.29) is 11.4 Å². The lowest BCUT2D eigenvalue weighted by Gasteiger charge is -1.98. The number of halogens is 1. The highest BCUT2D eigenvalue weighted by Crippen LogP contribution is 2.24. The molecule has 0 radical (unpaired) electrons. The minimum atomic E-state index is -0.528. The van der Waals surface area contributed by atoms with Crippen molar-refractivity contribution in [1.29, 1.82) is 0 Å². The lowest BCUT2D eigenvalue weighted by Crippen LogP contribution is -1.98. The Morgan fingerprint density at radius 3 is 2.87 bits per heavy atom. The first-order valence-corrected chi connectivity index (χ1v) is 4.78. The molecule has 1 rings (SSSR count). The SMILES string of the molecule is Nc1cccc(C#CCCCl)c1[N+](=O)[O-]. The van der Waals surface area contributed by atoms with E-state index in [2.05, 4.69) is 11.8 Å². The zero-order valence-electron chi connectivity index (χ0n) is 7.87. The van der Waals surface area contributed by atoms with Crippen LogP contribution in [0.25, 0.3) is 0 Å². The summed E-state index contributed by atoms with van der Waals surface area (Å²) >= 11 is 5.44. The van der Waals surface area contributed by atoms with Crippen molar-refractivity contribution in [2.45, 2.75) is 6.42 Å². The maximum absolute atomic E-state index is 10.7. The monoisotopic (exact) mass is 224 g/mol. The van der Waals surface area contributed by atoms with Gasteiger partial charge in [-0.1, -0.05) is 17.9 Å². The molecule has 0 aromatic heterocycles. The van der Waals surface area contributed by atoms with E-state index in [0.717, 1.165) is 0 Å². The van der Waals surface area contributed by atoms with Crippen molar-refractivity contribution in [3.8, 4) is 11.8 Å². The molecule has 0 amide bonds. The lowest BCUT2D eigenvalue weighted by atomic mass is 10.1. The fourth-order valence-electron chi connectivity index (χ4n) is 1.07. The summed E-state index contributed by atoms with van der Waals surface area (Å²) in [5, 5.41) is 10.7. The molecule has 0 bridgehead atoms. The number of nitro benzene ring substituents is 1. The molecule has 0 saturated heterocycles. The second kappa shape index (κ2) is 5.23. The molecule has 4 nitrogen and oxygen atoms in total. The quantitative estimate of drug-likeness (QED) is 0.275. The van der Waals surface area contributed by atoms with Crippen molar-refractivity contribution in [3.05, 3.63) is 33.9 Å². The van der Waals surface area contributed by atoms with E-state index >= 15 is 0 Å². The number of hydrogen-bond acceptors (Lipinski definition) is 3. The van der Waals surface area contributed by atoms with Crippen molar-refractivity contribution < 1.29 is 4.92 Å². The van der Waals surface area contributed by atoms with Crippen LogP contribution in [0.3, 0.4) is 0 Å². The molecule has 0 aliphatic carbocycles. The van der Waals surface area contributed by atoms with Crippen LogP contribution < -0.4 is 5.73 Å². The van der Waals surface area contributed by atoms with Crippen LogP contribution in [0, 0.1) is 22.0 Å². The number of hydrogen-bond donors (Lipinski definition) is 1. The van der Waals surface area contributed by atoms with Crippen LogP contribution >= 0.6 is 11.6 Å². The predicted octanol–water partition coefficient (Wildman–Crippen LogP) is 2.16. The molecule has 78 valence electrons. The molecule has 1 aromatic carbocycles. The highest BCUT2D eigenvalue weighted by molar-refractivity contribution is 6.18. The van der Waals surface area contributed by atoms with Gasteiger partial charge in [0, 0.05) is 12.3 Å². The number of para-hydroxylation sites is 1. The molecule has 2 N–H and O–H groups in total. The van der Waals surface area contributed by atoms with E-state index < -0.39 is 4.92 Å². The third-order valence-corrected chi connectivity index (χ3v) is 1.88. The van der Waals surface area contributed by atoms with E-state index in [1.807, 2.05) is 0 Å². The standard InChI is InChI=1S/C10H9ClN2O2/c11-7-2-1-4-8-5-3-6-9(12)10(8)13(14)15/h3,5-6H,2,7,12H2. The molecule has 5 heteroatoms. The van der Waals surface area contributed by atoms with Gasteiger partial charge in [0.2, 0.25) is 0 Å². The van der Waals surface area contributed by atoms with E-state index in [0.29, 0.717) is 17.9 Å². The summed E-state index contributed by atoms with van der Waals surface area (Å²) in [6.07, 6.45) is 0.494. The summed E-state index contributed by atoms with van der Waals surface area (Å²) in [6.45, 7) is 0. The Morgan fingerprint density at radius 2 is 2.27 bits per heavy atom. The number of nitrogens with two attached hydrogens (primary N) is 1. The molecule has 15 heavy (non-hydrogen) atoms. The summed E-state index contributed by atoms with van der Waals surface area (Å²) in [5.74, 6) is 5.82. The molecule has 0 atom stereocenters. The Hall–Kier alpha value is -1.73. The summed E-state index contributed by atoms with van der Waals surface area (Å²) in [5.41, 5.74) is 5.80. The van der Waals surface area contributed by atoms with Crippen LogP contribution in [-0.4, -0.2) is 10.8 Å². The van der Waals surface area contributed by atoms with E-state index in [4.69, 9.17) is 17.3 Å². The fraction of sp³-hybridized carbons (Fsp3) is 0.200. The maximum atomic E-state index is 10.7. The molecule has 0 aliphatic rings. The normalized spacial score (nSPS) is 9.13. The average molecular weight is 225 g/mol. The number of anilines is 1. The highest BCUT2D eigenvalue weighted by atomic mass is 35.5. The minimum absolute atomic E-state index is 0.123. The molecule has 0 saturated carbocycles. The summed E-state index contributed by atoms with van der Waals surface area (Å²) < 4.78 is 0. The third kappa shape index (κ3) is 2.86. The molecule has 1 aromatic rings. The van der Waals surface area contributed by atoms with Gasteiger partial charge in [0.15, 0.2) is 0 Å². The first-order chi connectivity index (χ1) is 7.16. The topological polar surface area (TPSA) is 69.2 Å². The smallest absolute Gasteiger partial charge is 0.307 e. The highest BCUT2D eigenvalue weighted by Gasteiger charge is 2.15. The third-order valence-electron chi connectivity index (χ3n) is 1.69. The Balaban J connectivity index is 3.13. The Kier molecular flexibility index (Phi) is 3.95. The lowest BCUT2D eigenvalue weighted by molar-refractivity contribution is -0.384. The van der Waals surface area contributed by atoms with Crippen molar-refractivity contribution in [2.24, 2.45) is 0 Å². The molecular formula is C10H9ClN2O2. The predicted molar refractivity (Wildman–Crippen MR) is 59.7 cm³/mol. The van der Waals surface area contributed by atoms with E-state index in [9.17, 15) is 10.1 Å². The van der Waals surface area contributed by atoms with E-state index in [1.54, 1.807) is 12.1 Å². The van der Waals surface area contributed by atoms with Crippen LogP contribution in [0.5, 0.6) is 0 Å². The Morgan fingerprint density at radius 1 is 1.53 bits per heavy atom. The average Bonchev–Trinajstić information content (AvgIpc) is 2.17. The minimum Gasteiger partial charge on any atom is -0.393 e. The number of nitrogens with zero attached hydrogens (tertiary/aromatic N) is 1. The first kappa shape index (κ1) is 11.3. The zero-order valence-corrected chi connectivity index (χ0v) is 8.62. The number of nitrogen functional groups attached to an aromatic ring is 1. The van der Waals surface area contributed by atoms with Gasteiger partial charge in [-0.25, -0.2) is 0 Å². The van der Waals surface area contributed by atoms with Gasteiger partial charge in [-0.05, 0) is 12.1 Å². The largest absolute Gasteiger partial charge is 0.393 e.